The zero-order valence-electron chi connectivity index (χ0n) is 11.3. The van der Waals surface area contributed by atoms with Crippen molar-refractivity contribution in [3.63, 3.8) is 0 Å². The van der Waals surface area contributed by atoms with E-state index in [0.29, 0.717) is 0 Å². The van der Waals surface area contributed by atoms with Gasteiger partial charge in [-0.25, -0.2) is 0 Å². The lowest BCUT2D eigenvalue weighted by Gasteiger charge is -2.13. The van der Waals surface area contributed by atoms with Gasteiger partial charge in [-0.15, -0.1) is 0 Å². The highest BCUT2D eigenvalue weighted by Gasteiger charge is 2.10. The van der Waals surface area contributed by atoms with E-state index in [-0.39, 0.29) is 0 Å². The largest absolute Gasteiger partial charge is 0.0620 e. The highest BCUT2D eigenvalue weighted by atomic mass is 127. The Kier molecular flexibility index (Phi) is 3.88. The van der Waals surface area contributed by atoms with Gasteiger partial charge >= 0.3 is 0 Å². The third-order valence-corrected chi connectivity index (χ3v) is 4.47. The van der Waals surface area contributed by atoms with Crippen LogP contribution in [-0.2, 0) is 0 Å². The summed E-state index contributed by atoms with van der Waals surface area (Å²) in [6.07, 6.45) is 0. The minimum atomic E-state index is 1.28. The number of benzene rings is 3. The molecule has 3 aromatic carbocycles. The summed E-state index contributed by atoms with van der Waals surface area (Å²) in [5.41, 5.74) is 6.52. The van der Waals surface area contributed by atoms with Crippen molar-refractivity contribution in [2.45, 2.75) is 6.92 Å². The highest BCUT2D eigenvalue weighted by Crippen LogP contribution is 2.35. The van der Waals surface area contributed by atoms with E-state index >= 15 is 0 Å². The smallest absolute Gasteiger partial charge is 0.0209 e. The molecule has 1 heteroatoms. The summed E-state index contributed by atoms with van der Waals surface area (Å²) in [5, 5.41) is 0. The van der Waals surface area contributed by atoms with E-state index in [2.05, 4.69) is 102 Å². The van der Waals surface area contributed by atoms with Crippen molar-refractivity contribution in [2.75, 3.05) is 0 Å². The predicted molar refractivity (Wildman–Crippen MR) is 94.8 cm³/mol. The van der Waals surface area contributed by atoms with Gasteiger partial charge < -0.3 is 0 Å². The fraction of sp³-hybridized carbons (Fsp3) is 0.0526. The van der Waals surface area contributed by atoms with Gasteiger partial charge in [0.15, 0.2) is 0 Å². The molecular weight excluding hydrogens is 355 g/mol. The molecular formula is C19H15I. The van der Waals surface area contributed by atoms with Crippen molar-refractivity contribution < 1.29 is 0 Å². The second kappa shape index (κ2) is 5.80. The number of hydrogen-bond acceptors (Lipinski definition) is 0. The van der Waals surface area contributed by atoms with Crippen molar-refractivity contribution in [1.29, 1.82) is 0 Å². The van der Waals surface area contributed by atoms with Crippen LogP contribution < -0.4 is 0 Å². The summed E-state index contributed by atoms with van der Waals surface area (Å²) in [6.45, 7) is 2.17. The summed E-state index contributed by atoms with van der Waals surface area (Å²) in [4.78, 5) is 0. The first-order chi connectivity index (χ1) is 9.77. The monoisotopic (exact) mass is 370 g/mol. The van der Waals surface area contributed by atoms with Gasteiger partial charge in [0.25, 0.3) is 0 Å². The molecule has 3 rings (SSSR count). The molecule has 0 saturated carbocycles. The molecule has 0 aliphatic heterocycles. The van der Waals surface area contributed by atoms with Crippen LogP contribution in [-0.4, -0.2) is 0 Å². The van der Waals surface area contributed by atoms with Crippen molar-refractivity contribution in [1.82, 2.24) is 0 Å². The number of aryl methyl sites for hydroxylation is 1. The Labute approximate surface area is 133 Å². The number of rotatable bonds is 2. The molecule has 20 heavy (non-hydrogen) atoms. The minimum absolute atomic E-state index is 1.28. The SMILES string of the molecule is Cc1ccccc1-c1ccccc1-c1ccccc1I. The molecule has 0 atom stereocenters. The zero-order chi connectivity index (χ0) is 13.9. The maximum Gasteiger partial charge on any atom is 0.0209 e. The molecule has 0 bridgehead atoms. The first-order valence-electron chi connectivity index (χ1n) is 6.67. The van der Waals surface area contributed by atoms with E-state index in [1.807, 2.05) is 0 Å². The minimum Gasteiger partial charge on any atom is -0.0620 e. The summed E-state index contributed by atoms with van der Waals surface area (Å²) in [5.74, 6) is 0. The lowest BCUT2D eigenvalue weighted by Crippen LogP contribution is -1.89. The van der Waals surface area contributed by atoms with E-state index in [4.69, 9.17) is 0 Å². The average Bonchev–Trinajstić information content (AvgIpc) is 2.48. The third kappa shape index (κ3) is 2.50. The van der Waals surface area contributed by atoms with E-state index in [1.54, 1.807) is 0 Å². The summed E-state index contributed by atoms with van der Waals surface area (Å²) in [6, 6.07) is 25.7. The van der Waals surface area contributed by atoms with Crippen LogP contribution in [0, 0.1) is 10.5 Å². The van der Waals surface area contributed by atoms with Crippen LogP contribution in [0.15, 0.2) is 72.8 Å². The van der Waals surface area contributed by atoms with Crippen LogP contribution in [0.25, 0.3) is 22.3 Å². The Bertz CT molecular complexity index is 680. The second-order valence-electron chi connectivity index (χ2n) is 4.84. The molecule has 0 spiro atoms. The predicted octanol–water partition coefficient (Wildman–Crippen LogP) is 5.93. The molecule has 0 aliphatic carbocycles. The maximum atomic E-state index is 2.41. The fourth-order valence-electron chi connectivity index (χ4n) is 2.51. The van der Waals surface area contributed by atoms with Crippen molar-refractivity contribution in [2.24, 2.45) is 0 Å². The Morgan fingerprint density at radius 3 is 1.60 bits per heavy atom. The van der Waals surface area contributed by atoms with Crippen LogP contribution >= 0.6 is 22.6 Å². The molecule has 98 valence electrons. The molecule has 0 aromatic heterocycles. The Morgan fingerprint density at radius 2 is 1.00 bits per heavy atom. The maximum absolute atomic E-state index is 2.41. The van der Waals surface area contributed by atoms with E-state index in [0.717, 1.165) is 0 Å². The molecule has 3 aromatic rings. The van der Waals surface area contributed by atoms with Crippen LogP contribution in [0.4, 0.5) is 0 Å². The van der Waals surface area contributed by atoms with Crippen molar-refractivity contribution in [3.05, 3.63) is 81.9 Å². The normalized spacial score (nSPS) is 10.5. The third-order valence-electron chi connectivity index (χ3n) is 3.53. The molecule has 0 amide bonds. The molecule has 0 nitrogen and oxygen atoms in total. The van der Waals surface area contributed by atoms with Crippen molar-refractivity contribution in [3.8, 4) is 22.3 Å². The van der Waals surface area contributed by atoms with Crippen LogP contribution in [0.2, 0.25) is 0 Å². The lowest BCUT2D eigenvalue weighted by atomic mass is 9.92. The van der Waals surface area contributed by atoms with E-state index in [1.165, 1.54) is 31.4 Å². The Morgan fingerprint density at radius 1 is 0.550 bits per heavy atom. The van der Waals surface area contributed by atoms with Crippen molar-refractivity contribution >= 4 is 22.6 Å². The quantitative estimate of drug-likeness (QED) is 0.490. The van der Waals surface area contributed by atoms with Gasteiger partial charge in [-0.05, 0) is 63.4 Å². The van der Waals surface area contributed by atoms with Gasteiger partial charge in [0.2, 0.25) is 0 Å². The first-order valence-corrected chi connectivity index (χ1v) is 7.75. The summed E-state index contributed by atoms with van der Waals surface area (Å²) in [7, 11) is 0. The number of halogens is 1. The van der Waals surface area contributed by atoms with Crippen LogP contribution in [0.5, 0.6) is 0 Å². The van der Waals surface area contributed by atoms with Gasteiger partial charge in [0.05, 0.1) is 0 Å². The molecule has 0 fully saturated rings. The Balaban J connectivity index is 2.25. The van der Waals surface area contributed by atoms with Gasteiger partial charge in [0.1, 0.15) is 0 Å². The molecule has 0 radical (unpaired) electrons. The van der Waals surface area contributed by atoms with Gasteiger partial charge in [-0.2, -0.15) is 0 Å². The first kappa shape index (κ1) is 13.4. The fourth-order valence-corrected chi connectivity index (χ4v) is 3.19. The van der Waals surface area contributed by atoms with Gasteiger partial charge in [-0.3, -0.25) is 0 Å². The standard InChI is InChI=1S/C19H15I/c1-14-8-2-3-9-15(14)16-10-4-5-11-17(16)18-12-6-7-13-19(18)20/h2-13H,1H3. The molecule has 0 aliphatic rings. The lowest BCUT2D eigenvalue weighted by molar-refractivity contribution is 1.45. The zero-order valence-corrected chi connectivity index (χ0v) is 13.5. The van der Waals surface area contributed by atoms with Crippen LogP contribution in [0.1, 0.15) is 5.56 Å². The summed E-state index contributed by atoms with van der Waals surface area (Å²) >= 11 is 2.41. The highest BCUT2D eigenvalue weighted by molar-refractivity contribution is 14.1. The van der Waals surface area contributed by atoms with Gasteiger partial charge in [-0.1, -0.05) is 66.7 Å². The average molecular weight is 370 g/mol. The molecule has 0 N–H and O–H groups in total. The number of hydrogen-bond donors (Lipinski definition) is 0. The van der Waals surface area contributed by atoms with E-state index < -0.39 is 0 Å². The molecule has 0 unspecified atom stereocenters. The van der Waals surface area contributed by atoms with Crippen LogP contribution in [0.3, 0.4) is 0 Å². The second-order valence-corrected chi connectivity index (χ2v) is 6.00. The molecule has 0 saturated heterocycles. The Hall–Kier alpha value is -1.61. The van der Waals surface area contributed by atoms with E-state index in [9.17, 15) is 0 Å². The summed E-state index contributed by atoms with van der Waals surface area (Å²) < 4.78 is 1.28. The van der Waals surface area contributed by atoms with Gasteiger partial charge in [0, 0.05) is 3.57 Å². The molecule has 0 heterocycles. The topological polar surface area (TPSA) is 0 Å².